The standard InChI is InChI=1S/C10H18N2OS/c1-7(5-13)9(3)11-4-10-12-8(2)6-14-10/h6-7,9,11,13H,4-5H2,1-3H3. The van der Waals surface area contributed by atoms with Crippen LogP contribution in [0.3, 0.4) is 0 Å². The molecule has 0 saturated heterocycles. The smallest absolute Gasteiger partial charge is 0.107 e. The SMILES string of the molecule is Cc1csc(CNC(C)C(C)CO)n1. The van der Waals surface area contributed by atoms with Crippen molar-refractivity contribution in [3.05, 3.63) is 16.1 Å². The Morgan fingerprint density at radius 1 is 1.57 bits per heavy atom. The van der Waals surface area contributed by atoms with E-state index in [2.05, 4.69) is 22.6 Å². The van der Waals surface area contributed by atoms with Crippen LogP contribution in [-0.2, 0) is 6.54 Å². The number of aliphatic hydroxyl groups is 1. The van der Waals surface area contributed by atoms with Gasteiger partial charge in [0, 0.05) is 30.3 Å². The van der Waals surface area contributed by atoms with Crippen LogP contribution in [0, 0.1) is 12.8 Å². The average Bonchev–Trinajstić information content (AvgIpc) is 2.59. The van der Waals surface area contributed by atoms with E-state index in [1.165, 1.54) is 0 Å². The molecule has 0 aliphatic heterocycles. The Bertz CT molecular complexity index is 275. The number of hydrogen-bond acceptors (Lipinski definition) is 4. The molecule has 1 aromatic heterocycles. The summed E-state index contributed by atoms with van der Waals surface area (Å²) in [5.41, 5.74) is 1.08. The molecule has 0 spiro atoms. The van der Waals surface area contributed by atoms with Crippen molar-refractivity contribution >= 4 is 11.3 Å². The zero-order chi connectivity index (χ0) is 10.6. The molecule has 0 radical (unpaired) electrons. The van der Waals surface area contributed by atoms with Gasteiger partial charge >= 0.3 is 0 Å². The molecular formula is C10H18N2OS. The van der Waals surface area contributed by atoms with E-state index in [9.17, 15) is 0 Å². The third-order valence-electron chi connectivity index (χ3n) is 2.38. The van der Waals surface area contributed by atoms with Gasteiger partial charge in [0.15, 0.2) is 0 Å². The number of aryl methyl sites for hydroxylation is 1. The quantitative estimate of drug-likeness (QED) is 0.782. The van der Waals surface area contributed by atoms with Crippen molar-refractivity contribution in [3.8, 4) is 0 Å². The molecule has 2 N–H and O–H groups in total. The third-order valence-corrected chi connectivity index (χ3v) is 3.35. The van der Waals surface area contributed by atoms with Gasteiger partial charge in [-0.25, -0.2) is 4.98 Å². The van der Waals surface area contributed by atoms with Gasteiger partial charge in [-0.3, -0.25) is 0 Å². The Morgan fingerprint density at radius 3 is 2.79 bits per heavy atom. The summed E-state index contributed by atoms with van der Waals surface area (Å²) >= 11 is 1.67. The van der Waals surface area contributed by atoms with E-state index in [-0.39, 0.29) is 12.5 Å². The van der Waals surface area contributed by atoms with Gasteiger partial charge < -0.3 is 10.4 Å². The summed E-state index contributed by atoms with van der Waals surface area (Å²) < 4.78 is 0. The first-order valence-electron chi connectivity index (χ1n) is 4.88. The number of thiazole rings is 1. The summed E-state index contributed by atoms with van der Waals surface area (Å²) in [6.45, 7) is 7.14. The number of aromatic nitrogens is 1. The van der Waals surface area contributed by atoms with Crippen LogP contribution in [-0.4, -0.2) is 22.7 Å². The van der Waals surface area contributed by atoms with Crippen LogP contribution in [0.1, 0.15) is 24.5 Å². The van der Waals surface area contributed by atoms with Gasteiger partial charge in [0.05, 0.1) is 0 Å². The molecule has 3 nitrogen and oxygen atoms in total. The Morgan fingerprint density at radius 2 is 2.29 bits per heavy atom. The summed E-state index contributed by atoms with van der Waals surface area (Å²) in [6.07, 6.45) is 0. The van der Waals surface area contributed by atoms with Gasteiger partial charge in [-0.1, -0.05) is 6.92 Å². The van der Waals surface area contributed by atoms with Crippen LogP contribution in [0.2, 0.25) is 0 Å². The van der Waals surface area contributed by atoms with E-state index in [1.54, 1.807) is 11.3 Å². The average molecular weight is 214 g/mol. The van der Waals surface area contributed by atoms with E-state index in [1.807, 2.05) is 13.8 Å². The number of nitrogens with zero attached hydrogens (tertiary/aromatic N) is 1. The Balaban J connectivity index is 2.33. The van der Waals surface area contributed by atoms with E-state index in [0.717, 1.165) is 17.2 Å². The van der Waals surface area contributed by atoms with Gasteiger partial charge in [0.2, 0.25) is 0 Å². The second-order valence-corrected chi connectivity index (χ2v) is 4.65. The molecule has 2 unspecified atom stereocenters. The van der Waals surface area contributed by atoms with Gasteiger partial charge in [-0.15, -0.1) is 11.3 Å². The zero-order valence-corrected chi connectivity index (χ0v) is 9.77. The van der Waals surface area contributed by atoms with Crippen molar-refractivity contribution in [1.82, 2.24) is 10.3 Å². The number of nitrogens with one attached hydrogen (secondary N) is 1. The molecule has 1 rings (SSSR count). The van der Waals surface area contributed by atoms with Gasteiger partial charge in [-0.05, 0) is 19.8 Å². The molecule has 14 heavy (non-hydrogen) atoms. The minimum Gasteiger partial charge on any atom is -0.396 e. The van der Waals surface area contributed by atoms with Gasteiger partial charge in [0.25, 0.3) is 0 Å². The van der Waals surface area contributed by atoms with Gasteiger partial charge in [0.1, 0.15) is 5.01 Å². The maximum Gasteiger partial charge on any atom is 0.107 e. The lowest BCUT2D eigenvalue weighted by Gasteiger charge is -2.18. The van der Waals surface area contributed by atoms with E-state index in [4.69, 9.17) is 5.11 Å². The van der Waals surface area contributed by atoms with Crippen molar-refractivity contribution in [3.63, 3.8) is 0 Å². The second kappa shape index (κ2) is 5.44. The van der Waals surface area contributed by atoms with Crippen molar-refractivity contribution in [2.24, 2.45) is 5.92 Å². The molecule has 4 heteroatoms. The lowest BCUT2D eigenvalue weighted by Crippen LogP contribution is -2.33. The molecule has 0 aliphatic rings. The number of hydrogen-bond donors (Lipinski definition) is 2. The molecule has 0 fully saturated rings. The van der Waals surface area contributed by atoms with Crippen LogP contribution in [0.15, 0.2) is 5.38 Å². The maximum atomic E-state index is 8.95. The summed E-state index contributed by atoms with van der Waals surface area (Å²) in [4.78, 5) is 4.36. The molecule has 0 aliphatic carbocycles. The molecule has 0 bridgehead atoms. The highest BCUT2D eigenvalue weighted by Crippen LogP contribution is 2.09. The highest BCUT2D eigenvalue weighted by atomic mass is 32.1. The Kier molecular flexibility index (Phi) is 4.51. The van der Waals surface area contributed by atoms with Crippen molar-refractivity contribution < 1.29 is 5.11 Å². The largest absolute Gasteiger partial charge is 0.396 e. The summed E-state index contributed by atoms with van der Waals surface area (Å²) in [5, 5.41) is 15.5. The number of rotatable bonds is 5. The molecule has 80 valence electrons. The predicted molar refractivity (Wildman–Crippen MR) is 59.4 cm³/mol. The van der Waals surface area contributed by atoms with Crippen molar-refractivity contribution in [2.45, 2.75) is 33.4 Å². The third kappa shape index (κ3) is 3.36. The van der Waals surface area contributed by atoms with Crippen molar-refractivity contribution in [2.75, 3.05) is 6.61 Å². The monoisotopic (exact) mass is 214 g/mol. The minimum absolute atomic E-state index is 0.227. The lowest BCUT2D eigenvalue weighted by molar-refractivity contribution is 0.207. The Labute approximate surface area is 89.2 Å². The first kappa shape index (κ1) is 11.6. The molecule has 2 atom stereocenters. The molecule has 0 amide bonds. The first-order valence-corrected chi connectivity index (χ1v) is 5.76. The van der Waals surface area contributed by atoms with Crippen LogP contribution in [0.4, 0.5) is 0 Å². The highest BCUT2D eigenvalue weighted by molar-refractivity contribution is 7.09. The highest BCUT2D eigenvalue weighted by Gasteiger charge is 2.10. The molecule has 0 aromatic carbocycles. The van der Waals surface area contributed by atoms with Crippen molar-refractivity contribution in [1.29, 1.82) is 0 Å². The topological polar surface area (TPSA) is 45.1 Å². The fourth-order valence-corrected chi connectivity index (χ4v) is 1.81. The van der Waals surface area contributed by atoms with Crippen LogP contribution >= 0.6 is 11.3 Å². The summed E-state index contributed by atoms with van der Waals surface area (Å²) in [7, 11) is 0. The zero-order valence-electron chi connectivity index (χ0n) is 8.95. The summed E-state index contributed by atoms with van der Waals surface area (Å²) in [5.74, 6) is 0.288. The fraction of sp³-hybridized carbons (Fsp3) is 0.700. The van der Waals surface area contributed by atoms with E-state index >= 15 is 0 Å². The van der Waals surface area contributed by atoms with E-state index < -0.39 is 0 Å². The van der Waals surface area contributed by atoms with Crippen LogP contribution in [0.5, 0.6) is 0 Å². The minimum atomic E-state index is 0.227. The lowest BCUT2D eigenvalue weighted by atomic mass is 10.1. The van der Waals surface area contributed by atoms with E-state index in [0.29, 0.717) is 6.04 Å². The van der Waals surface area contributed by atoms with Gasteiger partial charge in [-0.2, -0.15) is 0 Å². The van der Waals surface area contributed by atoms with Crippen LogP contribution < -0.4 is 5.32 Å². The fourth-order valence-electron chi connectivity index (χ4n) is 1.09. The normalized spacial score (nSPS) is 15.4. The molecule has 1 heterocycles. The van der Waals surface area contributed by atoms with Crippen LogP contribution in [0.25, 0.3) is 0 Å². The maximum absolute atomic E-state index is 8.95. The predicted octanol–water partition coefficient (Wildman–Crippen LogP) is 1.56. The summed E-state index contributed by atoms with van der Waals surface area (Å²) in [6, 6.07) is 0.323. The first-order chi connectivity index (χ1) is 6.63. The second-order valence-electron chi connectivity index (χ2n) is 3.71. The Hall–Kier alpha value is -0.450. The molecular weight excluding hydrogens is 196 g/mol. The molecule has 1 aromatic rings. The number of aliphatic hydroxyl groups excluding tert-OH is 1. The molecule has 0 saturated carbocycles.